The van der Waals surface area contributed by atoms with Crippen LogP contribution in [-0.2, 0) is 0 Å². The number of H-pyrrole nitrogens is 1. The zero-order valence-corrected chi connectivity index (χ0v) is 12.7. The number of hydrogen-bond acceptors (Lipinski definition) is 2. The average Bonchev–Trinajstić information content (AvgIpc) is 2.87. The summed E-state index contributed by atoms with van der Waals surface area (Å²) < 4.78 is 0. The second-order valence-corrected chi connectivity index (χ2v) is 7.15. The predicted molar refractivity (Wildman–Crippen MR) is 84.9 cm³/mol. The molecule has 2 unspecified atom stereocenters. The summed E-state index contributed by atoms with van der Waals surface area (Å²) in [5, 5.41) is 12.3. The molecule has 20 heavy (non-hydrogen) atoms. The molecule has 1 aromatic heterocycles. The van der Waals surface area contributed by atoms with Crippen LogP contribution >= 0.6 is 0 Å². The second kappa shape index (κ2) is 5.12. The smallest absolute Gasteiger partial charge is 0.0881 e. The maximum atomic E-state index is 4.16. The molecule has 1 aliphatic rings. The lowest BCUT2D eigenvalue weighted by molar-refractivity contribution is 0.163. The fourth-order valence-corrected chi connectivity index (χ4v) is 3.63. The van der Waals surface area contributed by atoms with Crippen molar-refractivity contribution in [2.24, 2.45) is 11.3 Å². The van der Waals surface area contributed by atoms with E-state index in [9.17, 15) is 0 Å². The first-order valence-corrected chi connectivity index (χ1v) is 7.74. The molecule has 3 heteroatoms. The van der Waals surface area contributed by atoms with Gasteiger partial charge in [0.05, 0.1) is 17.4 Å². The van der Waals surface area contributed by atoms with Crippen LogP contribution in [0.3, 0.4) is 0 Å². The molecule has 0 spiro atoms. The lowest BCUT2D eigenvalue weighted by atomic mass is 9.69. The van der Waals surface area contributed by atoms with E-state index in [1.54, 1.807) is 0 Å². The van der Waals surface area contributed by atoms with Crippen LogP contribution in [0, 0.1) is 11.3 Å². The van der Waals surface area contributed by atoms with Crippen molar-refractivity contribution in [3.8, 4) is 0 Å². The highest BCUT2D eigenvalue weighted by Crippen LogP contribution is 2.39. The Bertz CT molecular complexity index is 579. The number of rotatable bonds is 2. The first-order valence-electron chi connectivity index (χ1n) is 7.74. The predicted octanol–water partition coefficient (Wildman–Crippen LogP) is 4.58. The molecular formula is C17H25N3. The molecule has 3 nitrogen and oxygen atoms in total. The average molecular weight is 271 g/mol. The molecule has 0 amide bonds. The van der Waals surface area contributed by atoms with Crippen molar-refractivity contribution in [1.82, 2.24) is 10.2 Å². The molecule has 1 aliphatic carbocycles. The largest absolute Gasteiger partial charge is 0.380 e. The van der Waals surface area contributed by atoms with Crippen LogP contribution in [0.25, 0.3) is 10.9 Å². The normalized spacial score (nSPS) is 23.9. The standard InChI is InChI=1S/C17H25N3/c1-17(2,3)13-8-4-5-9-14(13)19-15-10-6-7-12-11-18-20-16(12)15/h6-7,10-11,13-14,19H,4-5,8-9H2,1-3H3,(H,18,20). The van der Waals surface area contributed by atoms with Crippen LogP contribution in [0.15, 0.2) is 24.4 Å². The summed E-state index contributed by atoms with van der Waals surface area (Å²) >= 11 is 0. The number of nitrogens with one attached hydrogen (secondary N) is 2. The zero-order chi connectivity index (χ0) is 14.2. The van der Waals surface area contributed by atoms with Gasteiger partial charge in [-0.1, -0.05) is 45.7 Å². The van der Waals surface area contributed by atoms with Crippen molar-refractivity contribution in [3.63, 3.8) is 0 Å². The highest BCUT2D eigenvalue weighted by Gasteiger charge is 2.34. The summed E-state index contributed by atoms with van der Waals surface area (Å²) in [5.41, 5.74) is 2.69. The molecule has 0 saturated heterocycles. The summed E-state index contributed by atoms with van der Waals surface area (Å²) in [6.45, 7) is 7.11. The van der Waals surface area contributed by atoms with Gasteiger partial charge in [-0.2, -0.15) is 5.10 Å². The van der Waals surface area contributed by atoms with E-state index in [0.29, 0.717) is 11.5 Å². The molecule has 0 bridgehead atoms. The molecule has 2 atom stereocenters. The van der Waals surface area contributed by atoms with Crippen molar-refractivity contribution in [1.29, 1.82) is 0 Å². The number of aromatic nitrogens is 2. The Morgan fingerprint density at radius 1 is 1.20 bits per heavy atom. The van der Waals surface area contributed by atoms with E-state index in [4.69, 9.17) is 0 Å². The number of anilines is 1. The highest BCUT2D eigenvalue weighted by atomic mass is 15.1. The summed E-state index contributed by atoms with van der Waals surface area (Å²) in [5.74, 6) is 0.731. The van der Waals surface area contributed by atoms with Gasteiger partial charge in [-0.05, 0) is 30.2 Å². The SMILES string of the molecule is CC(C)(C)C1CCCCC1Nc1cccc2cn[nH]c12. The van der Waals surface area contributed by atoms with E-state index in [1.807, 2.05) is 6.20 Å². The van der Waals surface area contributed by atoms with Crippen LogP contribution in [0.2, 0.25) is 0 Å². The van der Waals surface area contributed by atoms with Gasteiger partial charge in [0, 0.05) is 11.4 Å². The first-order chi connectivity index (χ1) is 9.55. The fraction of sp³-hybridized carbons (Fsp3) is 0.588. The number of hydrogen-bond donors (Lipinski definition) is 2. The minimum Gasteiger partial charge on any atom is -0.380 e. The third kappa shape index (κ3) is 2.54. The summed E-state index contributed by atoms with van der Waals surface area (Å²) in [6.07, 6.45) is 7.20. The zero-order valence-electron chi connectivity index (χ0n) is 12.7. The highest BCUT2D eigenvalue weighted by molar-refractivity contribution is 5.90. The molecule has 2 aromatic rings. The van der Waals surface area contributed by atoms with Crippen molar-refractivity contribution < 1.29 is 0 Å². The van der Waals surface area contributed by atoms with Gasteiger partial charge in [0.2, 0.25) is 0 Å². The van der Waals surface area contributed by atoms with Gasteiger partial charge in [0.15, 0.2) is 0 Å². The van der Waals surface area contributed by atoms with Crippen molar-refractivity contribution >= 4 is 16.6 Å². The van der Waals surface area contributed by atoms with Gasteiger partial charge in [0.25, 0.3) is 0 Å². The molecular weight excluding hydrogens is 246 g/mol. The summed E-state index contributed by atoms with van der Waals surface area (Å²) in [4.78, 5) is 0. The molecule has 3 rings (SSSR count). The van der Waals surface area contributed by atoms with E-state index < -0.39 is 0 Å². The maximum absolute atomic E-state index is 4.16. The van der Waals surface area contributed by atoms with Crippen LogP contribution in [0.5, 0.6) is 0 Å². The van der Waals surface area contributed by atoms with Gasteiger partial charge in [-0.3, -0.25) is 5.10 Å². The minimum absolute atomic E-state index is 0.361. The Labute approximate surface area is 121 Å². The third-order valence-corrected chi connectivity index (χ3v) is 4.70. The Hall–Kier alpha value is -1.51. The van der Waals surface area contributed by atoms with Crippen LogP contribution in [-0.4, -0.2) is 16.2 Å². The lowest BCUT2D eigenvalue weighted by Gasteiger charge is -2.41. The summed E-state index contributed by atoms with van der Waals surface area (Å²) in [7, 11) is 0. The van der Waals surface area contributed by atoms with E-state index >= 15 is 0 Å². The third-order valence-electron chi connectivity index (χ3n) is 4.70. The topological polar surface area (TPSA) is 40.7 Å². The number of benzene rings is 1. The molecule has 0 aliphatic heterocycles. The monoisotopic (exact) mass is 271 g/mol. The van der Waals surface area contributed by atoms with E-state index in [-0.39, 0.29) is 0 Å². The number of aromatic amines is 1. The minimum atomic E-state index is 0.361. The molecule has 1 fully saturated rings. The second-order valence-electron chi connectivity index (χ2n) is 7.15. The van der Waals surface area contributed by atoms with Crippen LogP contribution in [0.4, 0.5) is 5.69 Å². The molecule has 1 aromatic carbocycles. The van der Waals surface area contributed by atoms with Crippen molar-refractivity contribution in [3.05, 3.63) is 24.4 Å². The van der Waals surface area contributed by atoms with Crippen molar-refractivity contribution in [2.75, 3.05) is 5.32 Å². The van der Waals surface area contributed by atoms with Crippen LogP contribution < -0.4 is 5.32 Å². The lowest BCUT2D eigenvalue weighted by Crippen LogP contribution is -2.39. The maximum Gasteiger partial charge on any atom is 0.0881 e. The van der Waals surface area contributed by atoms with E-state index in [2.05, 4.69) is 54.5 Å². The molecule has 1 heterocycles. The Morgan fingerprint density at radius 3 is 2.80 bits per heavy atom. The Kier molecular flexibility index (Phi) is 3.45. The van der Waals surface area contributed by atoms with Gasteiger partial charge >= 0.3 is 0 Å². The quantitative estimate of drug-likeness (QED) is 0.839. The number of nitrogens with zero attached hydrogens (tertiary/aromatic N) is 1. The van der Waals surface area contributed by atoms with E-state index in [1.165, 1.54) is 36.8 Å². The molecule has 0 radical (unpaired) electrons. The Balaban J connectivity index is 1.87. The number of para-hydroxylation sites is 1. The first kappa shape index (κ1) is 13.5. The molecule has 1 saturated carbocycles. The molecule has 2 N–H and O–H groups in total. The van der Waals surface area contributed by atoms with Crippen molar-refractivity contribution in [2.45, 2.75) is 52.5 Å². The van der Waals surface area contributed by atoms with Gasteiger partial charge < -0.3 is 5.32 Å². The van der Waals surface area contributed by atoms with E-state index in [0.717, 1.165) is 11.4 Å². The summed E-state index contributed by atoms with van der Waals surface area (Å²) in [6, 6.07) is 6.94. The van der Waals surface area contributed by atoms with Gasteiger partial charge in [-0.25, -0.2) is 0 Å². The van der Waals surface area contributed by atoms with Gasteiger partial charge in [0.1, 0.15) is 0 Å². The number of fused-ring (bicyclic) bond motifs is 1. The Morgan fingerprint density at radius 2 is 2.00 bits per heavy atom. The molecule has 108 valence electrons. The fourth-order valence-electron chi connectivity index (χ4n) is 3.63. The van der Waals surface area contributed by atoms with Gasteiger partial charge in [-0.15, -0.1) is 0 Å². The van der Waals surface area contributed by atoms with Crippen LogP contribution in [0.1, 0.15) is 46.5 Å².